The van der Waals surface area contributed by atoms with Crippen LogP contribution in [-0.2, 0) is 11.1 Å². The lowest BCUT2D eigenvalue weighted by Crippen LogP contribution is -2.47. The Bertz CT molecular complexity index is 1400. The van der Waals surface area contributed by atoms with Gasteiger partial charge in [0.05, 0.1) is 31.2 Å². The molecule has 4 aromatic heterocycles. The zero-order chi connectivity index (χ0) is 25.9. The highest BCUT2D eigenvalue weighted by Gasteiger charge is 2.24. The van der Waals surface area contributed by atoms with Crippen molar-refractivity contribution in [2.45, 2.75) is 19.9 Å². The molecule has 194 valence electrons. The molecule has 2 N–H and O–H groups in total. The molecule has 0 bridgehead atoms. The Morgan fingerprint density at radius 2 is 1.97 bits per heavy atom. The van der Waals surface area contributed by atoms with Crippen molar-refractivity contribution in [1.82, 2.24) is 39.7 Å². The Balaban J connectivity index is 1.49. The first-order valence-corrected chi connectivity index (χ1v) is 13.1. The summed E-state index contributed by atoms with van der Waals surface area (Å²) >= 11 is -2.07. The molecular weight excluding hydrogens is 494 g/mol. The maximum absolute atomic E-state index is 11.1. The molecule has 1 aliphatic heterocycles. The lowest BCUT2D eigenvalue weighted by molar-refractivity contribution is 0.113. The number of aromatic nitrogens is 6. The van der Waals surface area contributed by atoms with Gasteiger partial charge in [-0.1, -0.05) is 0 Å². The van der Waals surface area contributed by atoms with E-state index in [2.05, 4.69) is 43.1 Å². The molecule has 1 fully saturated rings. The Morgan fingerprint density at radius 3 is 2.68 bits per heavy atom. The molecule has 12 nitrogen and oxygen atoms in total. The van der Waals surface area contributed by atoms with E-state index in [0.717, 1.165) is 35.4 Å². The van der Waals surface area contributed by atoms with Crippen molar-refractivity contribution in [3.63, 3.8) is 0 Å². The van der Waals surface area contributed by atoms with Gasteiger partial charge in [0.15, 0.2) is 5.65 Å². The third-order valence-electron chi connectivity index (χ3n) is 6.49. The first-order chi connectivity index (χ1) is 17.9. The minimum atomic E-state index is -2.07. The van der Waals surface area contributed by atoms with Crippen LogP contribution in [0, 0.1) is 6.92 Å². The largest absolute Gasteiger partial charge is 0.771 e. The molecule has 0 aliphatic carbocycles. The maximum Gasteiger partial charge on any atom is 0.213 e. The number of nitrogens with zero attached hydrogens (tertiary/aromatic N) is 7. The van der Waals surface area contributed by atoms with Crippen molar-refractivity contribution in [1.29, 1.82) is 0 Å². The standard InChI is InChI=1S/C24H29N9O3S/c1-15(33-8-6-32(7-9-33)14-37(34)35)17-10-19(21-22-24(28-13-27-22)30-16(2)29-21)23(26-11-17)31-18-4-5-20(36-3)25-12-18/h4-5,10-13,15H,6-9,14H2,1-3H3,(H,26,31)(H,34,35)(H,27,28,29,30)/p-1. The average molecular weight is 523 g/mol. The minimum Gasteiger partial charge on any atom is -0.771 e. The van der Waals surface area contributed by atoms with Crippen LogP contribution in [-0.4, -0.2) is 87.6 Å². The van der Waals surface area contributed by atoms with E-state index in [1.165, 1.54) is 0 Å². The van der Waals surface area contributed by atoms with Crippen LogP contribution in [0.15, 0.2) is 36.9 Å². The number of pyridine rings is 2. The monoisotopic (exact) mass is 522 g/mol. The van der Waals surface area contributed by atoms with Gasteiger partial charge < -0.3 is 19.6 Å². The van der Waals surface area contributed by atoms with Crippen LogP contribution in [0.1, 0.15) is 24.4 Å². The molecule has 1 saturated heterocycles. The van der Waals surface area contributed by atoms with Crippen molar-refractivity contribution >= 4 is 33.7 Å². The highest BCUT2D eigenvalue weighted by Crippen LogP contribution is 2.34. The van der Waals surface area contributed by atoms with E-state index in [1.54, 1.807) is 25.7 Å². The van der Waals surface area contributed by atoms with E-state index in [-0.39, 0.29) is 11.9 Å². The molecule has 0 saturated carbocycles. The molecule has 2 atom stereocenters. The average Bonchev–Trinajstić information content (AvgIpc) is 3.37. The maximum atomic E-state index is 11.1. The number of anilines is 2. The van der Waals surface area contributed by atoms with Gasteiger partial charge >= 0.3 is 0 Å². The zero-order valence-corrected chi connectivity index (χ0v) is 21.7. The van der Waals surface area contributed by atoms with Crippen molar-refractivity contribution in [2.24, 2.45) is 0 Å². The number of nitrogens with one attached hydrogen (secondary N) is 2. The normalized spacial score (nSPS) is 16.5. The Labute approximate surface area is 216 Å². The summed E-state index contributed by atoms with van der Waals surface area (Å²) in [6.07, 6.45) is 5.16. The van der Waals surface area contributed by atoms with Crippen molar-refractivity contribution in [3.05, 3.63) is 48.3 Å². The van der Waals surface area contributed by atoms with Gasteiger partial charge in [0.25, 0.3) is 0 Å². The predicted octanol–water partition coefficient (Wildman–Crippen LogP) is 2.39. The van der Waals surface area contributed by atoms with Crippen LogP contribution in [0.5, 0.6) is 5.88 Å². The van der Waals surface area contributed by atoms with Crippen LogP contribution in [0.3, 0.4) is 0 Å². The van der Waals surface area contributed by atoms with E-state index in [1.807, 2.05) is 24.1 Å². The molecule has 0 radical (unpaired) electrons. The van der Waals surface area contributed by atoms with E-state index >= 15 is 0 Å². The highest BCUT2D eigenvalue weighted by atomic mass is 32.2. The highest BCUT2D eigenvalue weighted by molar-refractivity contribution is 7.79. The second kappa shape index (κ2) is 10.8. The summed E-state index contributed by atoms with van der Waals surface area (Å²) in [5.74, 6) is 1.83. The van der Waals surface area contributed by atoms with E-state index < -0.39 is 11.1 Å². The number of fused-ring (bicyclic) bond motifs is 1. The molecule has 37 heavy (non-hydrogen) atoms. The fourth-order valence-corrected chi connectivity index (χ4v) is 5.03. The minimum absolute atomic E-state index is 0.0712. The van der Waals surface area contributed by atoms with Crippen LogP contribution in [0.4, 0.5) is 11.5 Å². The number of imidazole rings is 1. The number of methoxy groups -OCH3 is 1. The SMILES string of the molecule is COc1ccc(Nc2ncc(C(C)N3CCN(CS(=O)[O-])CC3)cc2-c2nc(C)nc3nc[nH]c23)cn1. The second-order valence-corrected chi connectivity index (χ2v) is 9.73. The molecule has 0 amide bonds. The summed E-state index contributed by atoms with van der Waals surface area (Å²) < 4.78 is 27.3. The number of rotatable bonds is 8. The third-order valence-corrected chi connectivity index (χ3v) is 7.07. The topological polar surface area (TPSA) is 148 Å². The number of aromatic amines is 1. The molecule has 5 rings (SSSR count). The summed E-state index contributed by atoms with van der Waals surface area (Å²) in [6.45, 7) is 6.91. The number of piperazine rings is 1. The van der Waals surface area contributed by atoms with Gasteiger partial charge in [-0.15, -0.1) is 0 Å². The number of aryl methyl sites for hydroxylation is 1. The van der Waals surface area contributed by atoms with Gasteiger partial charge in [-0.25, -0.2) is 24.9 Å². The lowest BCUT2D eigenvalue weighted by atomic mass is 10.0. The summed E-state index contributed by atoms with van der Waals surface area (Å²) in [6, 6.07) is 5.82. The van der Waals surface area contributed by atoms with Gasteiger partial charge in [0.2, 0.25) is 5.88 Å². The van der Waals surface area contributed by atoms with Gasteiger partial charge in [-0.05, 0) is 42.6 Å². The molecule has 5 heterocycles. The third kappa shape index (κ3) is 5.59. The summed E-state index contributed by atoms with van der Waals surface area (Å²) in [7, 11) is 1.58. The molecule has 13 heteroatoms. The van der Waals surface area contributed by atoms with Gasteiger partial charge in [-0.2, -0.15) is 0 Å². The molecule has 1 aliphatic rings. The number of hydrogen-bond donors (Lipinski definition) is 2. The zero-order valence-electron chi connectivity index (χ0n) is 20.8. The Morgan fingerprint density at radius 1 is 1.16 bits per heavy atom. The second-order valence-electron chi connectivity index (χ2n) is 8.86. The quantitative estimate of drug-likeness (QED) is 0.329. The van der Waals surface area contributed by atoms with E-state index in [0.29, 0.717) is 42.0 Å². The molecule has 0 spiro atoms. The smallest absolute Gasteiger partial charge is 0.213 e. The van der Waals surface area contributed by atoms with Crippen LogP contribution in [0.25, 0.3) is 22.4 Å². The number of H-pyrrole nitrogens is 1. The summed E-state index contributed by atoms with van der Waals surface area (Å²) in [5.41, 5.74) is 4.61. The van der Waals surface area contributed by atoms with Gasteiger partial charge in [0, 0.05) is 50.0 Å². The van der Waals surface area contributed by atoms with E-state index in [9.17, 15) is 8.76 Å². The molecular formula is C24H28N9O3S-. The number of ether oxygens (including phenoxy) is 1. The van der Waals surface area contributed by atoms with Gasteiger partial charge in [-0.3, -0.25) is 14.0 Å². The first kappa shape index (κ1) is 25.1. The van der Waals surface area contributed by atoms with E-state index in [4.69, 9.17) is 14.7 Å². The van der Waals surface area contributed by atoms with Gasteiger partial charge in [0.1, 0.15) is 22.9 Å². The Hall–Kier alpha value is -3.52. The predicted molar refractivity (Wildman–Crippen MR) is 139 cm³/mol. The summed E-state index contributed by atoms with van der Waals surface area (Å²) in [4.78, 5) is 30.0. The van der Waals surface area contributed by atoms with Crippen molar-refractivity contribution in [3.8, 4) is 17.1 Å². The Kier molecular flexibility index (Phi) is 7.37. The number of hydrogen-bond acceptors (Lipinski definition) is 11. The molecule has 4 aromatic rings. The first-order valence-electron chi connectivity index (χ1n) is 11.9. The fraction of sp³-hybridized carbons (Fsp3) is 0.375. The molecule has 0 aromatic carbocycles. The van der Waals surface area contributed by atoms with Crippen molar-refractivity contribution in [2.75, 3.05) is 44.5 Å². The van der Waals surface area contributed by atoms with Crippen molar-refractivity contribution < 1.29 is 13.5 Å². The lowest BCUT2D eigenvalue weighted by Gasteiger charge is -2.38. The fourth-order valence-electron chi connectivity index (χ4n) is 4.48. The van der Waals surface area contributed by atoms with Crippen LogP contribution >= 0.6 is 0 Å². The molecule has 2 unspecified atom stereocenters. The van der Waals surface area contributed by atoms with Crippen LogP contribution < -0.4 is 10.1 Å². The summed E-state index contributed by atoms with van der Waals surface area (Å²) in [5, 5.41) is 3.37. The van der Waals surface area contributed by atoms with Crippen LogP contribution in [0.2, 0.25) is 0 Å².